The van der Waals surface area contributed by atoms with Crippen molar-refractivity contribution in [2.24, 2.45) is 0 Å². The molecule has 0 spiro atoms. The van der Waals surface area contributed by atoms with Crippen LogP contribution in [0.2, 0.25) is 0 Å². The normalized spacial score (nSPS) is 9.60. The van der Waals surface area contributed by atoms with Gasteiger partial charge < -0.3 is 9.73 Å². The van der Waals surface area contributed by atoms with Crippen LogP contribution in [0.3, 0.4) is 0 Å². The fraction of sp³-hybridized carbons (Fsp3) is 0.100. The Labute approximate surface area is 86.4 Å². The van der Waals surface area contributed by atoms with E-state index in [0.29, 0.717) is 23.0 Å². The highest BCUT2D eigenvalue weighted by Gasteiger charge is 2.08. The van der Waals surface area contributed by atoms with E-state index in [9.17, 15) is 0 Å². The molecule has 5 heteroatoms. The zero-order valence-corrected chi connectivity index (χ0v) is 8.06. The zero-order chi connectivity index (χ0) is 10.7. The molecule has 1 N–H and O–H groups in total. The molecule has 5 nitrogen and oxygen atoms in total. The van der Waals surface area contributed by atoms with Crippen LogP contribution >= 0.6 is 0 Å². The average Bonchev–Trinajstić information content (AvgIpc) is 2.81. The summed E-state index contributed by atoms with van der Waals surface area (Å²) in [5.74, 6) is 1.54. The smallest absolute Gasteiger partial charge is 0.197 e. The summed E-state index contributed by atoms with van der Waals surface area (Å²) in [7, 11) is 1.70. The molecule has 0 radical (unpaired) electrons. The van der Waals surface area contributed by atoms with Gasteiger partial charge in [0.25, 0.3) is 0 Å². The van der Waals surface area contributed by atoms with Crippen LogP contribution in [0.4, 0.5) is 5.82 Å². The number of hydrogen-bond acceptors (Lipinski definition) is 5. The maximum Gasteiger partial charge on any atom is 0.197 e. The molecule has 0 aliphatic heterocycles. The van der Waals surface area contributed by atoms with E-state index in [-0.39, 0.29) is 0 Å². The van der Waals surface area contributed by atoms with Crippen molar-refractivity contribution in [3.63, 3.8) is 0 Å². The van der Waals surface area contributed by atoms with Crippen molar-refractivity contribution in [3.8, 4) is 17.7 Å². The molecule has 0 aliphatic rings. The number of nitrogens with one attached hydrogen (secondary N) is 1. The Balaban J connectivity index is 2.49. The quantitative estimate of drug-likeness (QED) is 0.797. The largest absolute Gasteiger partial charge is 0.461 e. The topological polar surface area (TPSA) is 74.7 Å². The summed E-state index contributed by atoms with van der Waals surface area (Å²) in [5.41, 5.74) is 0.410. The van der Waals surface area contributed by atoms with Gasteiger partial charge >= 0.3 is 0 Å². The molecule has 0 atom stereocenters. The molecule has 0 bridgehead atoms. The second kappa shape index (κ2) is 3.80. The molecule has 0 saturated heterocycles. The maximum atomic E-state index is 8.78. The number of furan rings is 1. The summed E-state index contributed by atoms with van der Waals surface area (Å²) in [6.45, 7) is 0. The maximum absolute atomic E-state index is 8.78. The third-order valence-corrected chi connectivity index (χ3v) is 1.89. The van der Waals surface area contributed by atoms with Gasteiger partial charge in [0.1, 0.15) is 17.5 Å². The predicted octanol–water partition coefficient (Wildman–Crippen LogP) is 1.65. The Hall–Kier alpha value is -2.35. The summed E-state index contributed by atoms with van der Waals surface area (Å²) >= 11 is 0. The van der Waals surface area contributed by atoms with Crippen LogP contribution in [0, 0.1) is 11.3 Å². The van der Waals surface area contributed by atoms with E-state index in [2.05, 4.69) is 15.3 Å². The van der Waals surface area contributed by atoms with Crippen LogP contribution < -0.4 is 5.32 Å². The molecular weight excluding hydrogens is 192 g/mol. The standard InChI is InChI=1S/C10H8N4O/c1-12-9-7(5-11)6-13-10(14-9)8-3-2-4-15-8/h2-4,6H,1H3,(H,12,13,14). The van der Waals surface area contributed by atoms with Gasteiger partial charge in [-0.1, -0.05) is 0 Å². The first-order valence-electron chi connectivity index (χ1n) is 4.34. The van der Waals surface area contributed by atoms with Gasteiger partial charge in [0.15, 0.2) is 11.6 Å². The molecule has 0 aliphatic carbocycles. The molecular formula is C10H8N4O. The Morgan fingerprint density at radius 2 is 2.40 bits per heavy atom. The van der Waals surface area contributed by atoms with E-state index in [1.165, 1.54) is 6.20 Å². The first kappa shape index (κ1) is 9.21. The van der Waals surface area contributed by atoms with Gasteiger partial charge in [-0.25, -0.2) is 9.97 Å². The minimum Gasteiger partial charge on any atom is -0.461 e. The fourth-order valence-corrected chi connectivity index (χ4v) is 1.18. The van der Waals surface area contributed by atoms with Crippen molar-refractivity contribution in [1.29, 1.82) is 5.26 Å². The highest BCUT2D eigenvalue weighted by atomic mass is 16.3. The van der Waals surface area contributed by atoms with Crippen molar-refractivity contribution >= 4 is 5.82 Å². The zero-order valence-electron chi connectivity index (χ0n) is 8.06. The molecule has 0 amide bonds. The summed E-state index contributed by atoms with van der Waals surface area (Å²) in [6.07, 6.45) is 3.02. The highest BCUT2D eigenvalue weighted by Crippen LogP contribution is 2.18. The van der Waals surface area contributed by atoms with E-state index in [1.807, 2.05) is 6.07 Å². The first-order valence-corrected chi connectivity index (χ1v) is 4.34. The predicted molar refractivity (Wildman–Crippen MR) is 54.0 cm³/mol. The van der Waals surface area contributed by atoms with Gasteiger partial charge in [0.2, 0.25) is 0 Å². The fourth-order valence-electron chi connectivity index (χ4n) is 1.18. The molecule has 2 heterocycles. The number of hydrogen-bond donors (Lipinski definition) is 1. The lowest BCUT2D eigenvalue weighted by Crippen LogP contribution is -1.99. The van der Waals surface area contributed by atoms with E-state index >= 15 is 0 Å². The number of nitrogens with zero attached hydrogens (tertiary/aromatic N) is 3. The van der Waals surface area contributed by atoms with Crippen LogP contribution in [0.5, 0.6) is 0 Å². The summed E-state index contributed by atoms with van der Waals surface area (Å²) < 4.78 is 5.16. The van der Waals surface area contributed by atoms with E-state index < -0.39 is 0 Å². The van der Waals surface area contributed by atoms with Crippen molar-refractivity contribution < 1.29 is 4.42 Å². The van der Waals surface area contributed by atoms with Crippen molar-refractivity contribution in [2.45, 2.75) is 0 Å². The van der Waals surface area contributed by atoms with E-state index in [0.717, 1.165) is 0 Å². The SMILES string of the molecule is CNc1nc(-c2ccco2)ncc1C#N. The van der Waals surface area contributed by atoms with Crippen LogP contribution in [-0.2, 0) is 0 Å². The molecule has 0 aromatic carbocycles. The van der Waals surface area contributed by atoms with E-state index in [4.69, 9.17) is 9.68 Å². The lowest BCUT2D eigenvalue weighted by atomic mass is 10.3. The van der Waals surface area contributed by atoms with Gasteiger partial charge in [-0.15, -0.1) is 0 Å². The van der Waals surface area contributed by atoms with Gasteiger partial charge in [-0.2, -0.15) is 5.26 Å². The van der Waals surface area contributed by atoms with Gasteiger partial charge in [0.05, 0.1) is 12.5 Å². The Morgan fingerprint density at radius 3 is 3.00 bits per heavy atom. The molecule has 2 aromatic heterocycles. The molecule has 74 valence electrons. The monoisotopic (exact) mass is 200 g/mol. The number of nitriles is 1. The van der Waals surface area contributed by atoms with E-state index in [1.54, 1.807) is 25.4 Å². The number of anilines is 1. The minimum atomic E-state index is 0.410. The highest BCUT2D eigenvalue weighted by molar-refractivity contribution is 5.56. The minimum absolute atomic E-state index is 0.410. The second-order valence-electron chi connectivity index (χ2n) is 2.79. The lowest BCUT2D eigenvalue weighted by molar-refractivity contribution is 0.577. The molecule has 0 saturated carbocycles. The average molecular weight is 200 g/mol. The molecule has 2 rings (SSSR count). The van der Waals surface area contributed by atoms with Gasteiger partial charge in [0, 0.05) is 7.05 Å². The van der Waals surface area contributed by atoms with Gasteiger partial charge in [-0.3, -0.25) is 0 Å². The van der Waals surface area contributed by atoms with Crippen molar-refractivity contribution in [2.75, 3.05) is 12.4 Å². The Kier molecular flexibility index (Phi) is 2.33. The molecule has 0 fully saturated rings. The summed E-state index contributed by atoms with van der Waals surface area (Å²) in [5, 5.41) is 11.6. The number of aromatic nitrogens is 2. The molecule has 2 aromatic rings. The lowest BCUT2D eigenvalue weighted by Gasteiger charge is -2.02. The van der Waals surface area contributed by atoms with Crippen LogP contribution in [-0.4, -0.2) is 17.0 Å². The molecule has 0 unspecified atom stereocenters. The van der Waals surface area contributed by atoms with Crippen molar-refractivity contribution in [1.82, 2.24) is 9.97 Å². The van der Waals surface area contributed by atoms with Crippen molar-refractivity contribution in [3.05, 3.63) is 30.2 Å². The first-order chi connectivity index (χ1) is 7.35. The third kappa shape index (κ3) is 1.65. The Bertz CT molecular complexity index is 499. The number of rotatable bonds is 2. The van der Waals surface area contributed by atoms with Crippen LogP contribution in [0.25, 0.3) is 11.6 Å². The summed E-state index contributed by atoms with van der Waals surface area (Å²) in [4.78, 5) is 8.20. The summed E-state index contributed by atoms with van der Waals surface area (Å²) in [6, 6.07) is 5.53. The third-order valence-electron chi connectivity index (χ3n) is 1.89. The Morgan fingerprint density at radius 1 is 1.53 bits per heavy atom. The van der Waals surface area contributed by atoms with Crippen LogP contribution in [0.15, 0.2) is 29.0 Å². The van der Waals surface area contributed by atoms with Gasteiger partial charge in [-0.05, 0) is 12.1 Å². The molecule has 15 heavy (non-hydrogen) atoms. The van der Waals surface area contributed by atoms with Crippen LogP contribution in [0.1, 0.15) is 5.56 Å². The second-order valence-corrected chi connectivity index (χ2v) is 2.79.